The largest absolute Gasteiger partial charge is 0.497 e. The lowest BCUT2D eigenvalue weighted by molar-refractivity contribution is 0.0660. The van der Waals surface area contributed by atoms with Crippen LogP contribution in [0.2, 0.25) is 0 Å². The Kier molecular flexibility index (Phi) is 6.13. The minimum absolute atomic E-state index is 0.114. The number of aromatic nitrogens is 2. The maximum absolute atomic E-state index is 13.2. The highest BCUT2D eigenvalue weighted by Gasteiger charge is 2.25. The summed E-state index contributed by atoms with van der Waals surface area (Å²) >= 11 is 0. The van der Waals surface area contributed by atoms with Crippen molar-refractivity contribution >= 4 is 5.91 Å². The van der Waals surface area contributed by atoms with Gasteiger partial charge in [-0.15, -0.1) is 0 Å². The molecule has 2 heterocycles. The van der Waals surface area contributed by atoms with Crippen molar-refractivity contribution < 1.29 is 14.3 Å². The van der Waals surface area contributed by atoms with Crippen molar-refractivity contribution in [3.8, 4) is 28.8 Å². The summed E-state index contributed by atoms with van der Waals surface area (Å²) in [5.74, 6) is 2.02. The van der Waals surface area contributed by atoms with Crippen LogP contribution in [0.5, 0.6) is 17.4 Å². The Bertz CT molecular complexity index is 1060. The average Bonchev–Trinajstić information content (AvgIpc) is 2.79. The van der Waals surface area contributed by atoms with Crippen LogP contribution in [0, 0.1) is 6.92 Å². The lowest BCUT2D eigenvalue weighted by atomic mass is 10.2. The van der Waals surface area contributed by atoms with Crippen molar-refractivity contribution in [2.75, 3.05) is 40.3 Å². The summed E-state index contributed by atoms with van der Waals surface area (Å²) in [4.78, 5) is 26.4. The molecule has 160 valence electrons. The molecular weight excluding hydrogens is 392 g/mol. The molecule has 0 saturated carbocycles. The quantitative estimate of drug-likeness (QED) is 0.630. The molecule has 1 fully saturated rings. The average molecular weight is 418 g/mol. The Hall–Kier alpha value is -3.45. The minimum Gasteiger partial charge on any atom is -0.497 e. The number of ether oxygens (including phenoxy) is 2. The summed E-state index contributed by atoms with van der Waals surface area (Å²) in [6.45, 7) is 5.00. The number of aryl methyl sites for hydroxylation is 1. The molecule has 0 bridgehead atoms. The topological polar surface area (TPSA) is 67.8 Å². The predicted molar refractivity (Wildman–Crippen MR) is 119 cm³/mol. The zero-order valence-corrected chi connectivity index (χ0v) is 18.0. The van der Waals surface area contributed by atoms with Gasteiger partial charge in [0.25, 0.3) is 5.91 Å². The maximum atomic E-state index is 13.2. The second-order valence-corrected chi connectivity index (χ2v) is 7.65. The third kappa shape index (κ3) is 4.83. The molecule has 1 amide bonds. The van der Waals surface area contributed by atoms with Crippen molar-refractivity contribution in [3.63, 3.8) is 0 Å². The normalized spacial score (nSPS) is 14.4. The fraction of sp³-hybridized carbons (Fsp3) is 0.292. The second kappa shape index (κ2) is 9.14. The number of carbonyl (C=O) groups is 1. The van der Waals surface area contributed by atoms with Crippen LogP contribution >= 0.6 is 0 Å². The van der Waals surface area contributed by atoms with E-state index in [0.29, 0.717) is 30.2 Å². The fourth-order valence-corrected chi connectivity index (χ4v) is 3.44. The number of rotatable bonds is 5. The summed E-state index contributed by atoms with van der Waals surface area (Å²) < 4.78 is 11.3. The van der Waals surface area contributed by atoms with Gasteiger partial charge in [-0.2, -0.15) is 4.98 Å². The van der Waals surface area contributed by atoms with Crippen molar-refractivity contribution in [1.29, 1.82) is 0 Å². The lowest BCUT2D eigenvalue weighted by Gasteiger charge is -2.32. The van der Waals surface area contributed by atoms with Crippen LogP contribution < -0.4 is 9.47 Å². The van der Waals surface area contributed by atoms with Crippen LogP contribution in [0.25, 0.3) is 11.4 Å². The van der Waals surface area contributed by atoms with Crippen molar-refractivity contribution in [2.45, 2.75) is 6.92 Å². The maximum Gasteiger partial charge on any atom is 0.261 e. The number of piperazine rings is 1. The van der Waals surface area contributed by atoms with Gasteiger partial charge in [-0.1, -0.05) is 12.1 Å². The molecule has 1 aliphatic rings. The number of amides is 1. The van der Waals surface area contributed by atoms with Crippen molar-refractivity contribution in [3.05, 3.63) is 65.9 Å². The highest BCUT2D eigenvalue weighted by molar-refractivity contribution is 5.96. The second-order valence-electron chi connectivity index (χ2n) is 7.65. The van der Waals surface area contributed by atoms with Gasteiger partial charge < -0.3 is 19.3 Å². The van der Waals surface area contributed by atoms with Gasteiger partial charge in [-0.05, 0) is 55.9 Å². The summed E-state index contributed by atoms with van der Waals surface area (Å²) in [7, 11) is 3.68. The zero-order valence-electron chi connectivity index (χ0n) is 18.0. The first-order valence-corrected chi connectivity index (χ1v) is 10.3. The van der Waals surface area contributed by atoms with Crippen molar-refractivity contribution in [1.82, 2.24) is 19.8 Å². The molecule has 0 radical (unpaired) electrons. The first-order chi connectivity index (χ1) is 15.0. The van der Waals surface area contributed by atoms with E-state index in [2.05, 4.69) is 21.9 Å². The first kappa shape index (κ1) is 20.8. The van der Waals surface area contributed by atoms with E-state index in [1.54, 1.807) is 13.3 Å². The molecule has 0 aliphatic carbocycles. The summed E-state index contributed by atoms with van der Waals surface area (Å²) in [5, 5.41) is 0. The van der Waals surface area contributed by atoms with Gasteiger partial charge in [-0.3, -0.25) is 4.79 Å². The van der Waals surface area contributed by atoms with Gasteiger partial charge >= 0.3 is 0 Å². The molecule has 1 aromatic heterocycles. The monoisotopic (exact) mass is 418 g/mol. The van der Waals surface area contributed by atoms with Crippen LogP contribution in [0.15, 0.2) is 54.7 Å². The molecule has 1 aliphatic heterocycles. The standard InChI is InChI=1S/C24H26N4O3/c1-17-5-4-6-20(15-17)31-23-21(24(29)28-13-11-27(2)12-14-28)16-25-22(26-23)18-7-9-19(30-3)10-8-18/h4-10,15-16H,11-14H2,1-3H3. The van der Waals surface area contributed by atoms with Crippen LogP contribution in [0.3, 0.4) is 0 Å². The molecule has 7 heteroatoms. The Balaban J connectivity index is 1.69. The minimum atomic E-state index is -0.114. The molecule has 7 nitrogen and oxygen atoms in total. The molecule has 3 aromatic rings. The molecule has 4 rings (SSSR count). The van der Waals surface area contributed by atoms with E-state index in [1.807, 2.05) is 60.4 Å². The number of carbonyl (C=O) groups excluding carboxylic acids is 1. The van der Waals surface area contributed by atoms with E-state index in [9.17, 15) is 4.79 Å². The van der Waals surface area contributed by atoms with Gasteiger partial charge in [0.1, 0.15) is 17.1 Å². The molecule has 1 saturated heterocycles. The van der Waals surface area contributed by atoms with Gasteiger partial charge in [0.2, 0.25) is 5.88 Å². The van der Waals surface area contributed by atoms with Gasteiger partial charge in [0.05, 0.1) is 7.11 Å². The van der Waals surface area contributed by atoms with Gasteiger partial charge in [0.15, 0.2) is 5.82 Å². The number of likely N-dealkylation sites (N-methyl/N-ethyl adjacent to an activating group) is 1. The van der Waals surface area contributed by atoms with Gasteiger partial charge in [0, 0.05) is 37.9 Å². The summed E-state index contributed by atoms with van der Waals surface area (Å²) in [5.41, 5.74) is 2.24. The van der Waals surface area contributed by atoms with Crippen LogP contribution in [0.4, 0.5) is 0 Å². The highest BCUT2D eigenvalue weighted by atomic mass is 16.5. The fourth-order valence-electron chi connectivity index (χ4n) is 3.44. The highest BCUT2D eigenvalue weighted by Crippen LogP contribution is 2.28. The Morgan fingerprint density at radius 2 is 1.74 bits per heavy atom. The molecule has 2 aromatic carbocycles. The van der Waals surface area contributed by atoms with Crippen molar-refractivity contribution in [2.24, 2.45) is 0 Å². The molecule has 0 unspecified atom stereocenters. The molecular formula is C24H26N4O3. The van der Waals surface area contributed by atoms with E-state index in [1.165, 1.54) is 0 Å². The van der Waals surface area contributed by atoms with Gasteiger partial charge in [-0.25, -0.2) is 4.98 Å². The van der Waals surface area contributed by atoms with E-state index in [4.69, 9.17) is 9.47 Å². The molecule has 0 spiro atoms. The van der Waals surface area contributed by atoms with Crippen LogP contribution in [0.1, 0.15) is 15.9 Å². The zero-order chi connectivity index (χ0) is 21.8. The Labute approximate surface area is 182 Å². The third-order valence-electron chi connectivity index (χ3n) is 5.33. The molecule has 31 heavy (non-hydrogen) atoms. The summed E-state index contributed by atoms with van der Waals surface area (Å²) in [6.07, 6.45) is 1.57. The number of nitrogens with zero attached hydrogens (tertiary/aromatic N) is 4. The van der Waals surface area contributed by atoms with Crippen LogP contribution in [-0.4, -0.2) is 66.0 Å². The third-order valence-corrected chi connectivity index (χ3v) is 5.33. The number of hydrogen-bond acceptors (Lipinski definition) is 6. The predicted octanol–water partition coefficient (Wildman–Crippen LogP) is 3.64. The SMILES string of the molecule is COc1ccc(-c2ncc(C(=O)N3CCN(C)CC3)c(Oc3cccc(C)c3)n2)cc1. The Morgan fingerprint density at radius 3 is 2.42 bits per heavy atom. The van der Waals surface area contributed by atoms with E-state index in [0.717, 1.165) is 30.0 Å². The molecule has 0 N–H and O–H groups in total. The van der Waals surface area contributed by atoms with E-state index in [-0.39, 0.29) is 11.8 Å². The van der Waals surface area contributed by atoms with Crippen LogP contribution in [-0.2, 0) is 0 Å². The van der Waals surface area contributed by atoms with E-state index < -0.39 is 0 Å². The lowest BCUT2D eigenvalue weighted by Crippen LogP contribution is -2.47. The number of hydrogen-bond donors (Lipinski definition) is 0. The molecule has 0 atom stereocenters. The summed E-state index contributed by atoms with van der Waals surface area (Å²) in [6, 6.07) is 15.1. The smallest absolute Gasteiger partial charge is 0.261 e. The number of benzene rings is 2. The van der Waals surface area contributed by atoms with E-state index >= 15 is 0 Å². The first-order valence-electron chi connectivity index (χ1n) is 10.3. The Morgan fingerprint density at radius 1 is 1.00 bits per heavy atom. The number of methoxy groups -OCH3 is 1.